The van der Waals surface area contributed by atoms with Crippen molar-refractivity contribution in [2.24, 2.45) is 0 Å². The quantitative estimate of drug-likeness (QED) is 0.844. The van der Waals surface area contributed by atoms with Crippen molar-refractivity contribution in [3.05, 3.63) is 57.1 Å². The lowest BCUT2D eigenvalue weighted by Gasteiger charge is -2.13. The number of carboxylic acid groups (broad SMARTS) is 1. The van der Waals surface area contributed by atoms with Crippen LogP contribution in [0.1, 0.15) is 21.5 Å². The topological polar surface area (TPSA) is 83.5 Å². The van der Waals surface area contributed by atoms with Crippen LogP contribution >= 0.6 is 23.2 Å². The second kappa shape index (κ2) is 6.39. The van der Waals surface area contributed by atoms with Crippen LogP contribution in [0.5, 0.6) is 0 Å². The van der Waals surface area contributed by atoms with Gasteiger partial charge in [0, 0.05) is 0 Å². The maximum atomic E-state index is 12.6. The van der Waals surface area contributed by atoms with Crippen molar-refractivity contribution in [1.29, 1.82) is 0 Å². The normalized spacial score (nSPS) is 11.3. The third-order valence-electron chi connectivity index (χ3n) is 3.17. The van der Waals surface area contributed by atoms with Crippen LogP contribution < -0.4 is 4.72 Å². The number of benzene rings is 2. The number of aryl methyl sites for hydroxylation is 2. The van der Waals surface area contributed by atoms with Crippen molar-refractivity contribution in [2.45, 2.75) is 18.7 Å². The van der Waals surface area contributed by atoms with E-state index in [9.17, 15) is 13.2 Å². The molecule has 122 valence electrons. The lowest BCUT2D eigenvalue weighted by molar-refractivity contribution is 0.0696. The Labute approximate surface area is 143 Å². The molecule has 2 aromatic rings. The standard InChI is InChI=1S/C15H13Cl2NO4S/c1-8-3-4-9(2)12(5-8)18-23(21,22)13-7-10(15(19)20)6-11(16)14(13)17/h3-7,18H,1-2H3,(H,19,20). The van der Waals surface area contributed by atoms with E-state index >= 15 is 0 Å². The van der Waals surface area contributed by atoms with Gasteiger partial charge in [-0.3, -0.25) is 4.72 Å². The first-order chi connectivity index (χ1) is 10.6. The van der Waals surface area contributed by atoms with Gasteiger partial charge in [0.05, 0.1) is 21.3 Å². The van der Waals surface area contributed by atoms with E-state index in [0.29, 0.717) is 5.69 Å². The van der Waals surface area contributed by atoms with E-state index in [1.54, 1.807) is 19.1 Å². The molecule has 0 saturated heterocycles. The molecule has 0 unspecified atom stereocenters. The van der Waals surface area contributed by atoms with E-state index in [1.807, 2.05) is 13.0 Å². The van der Waals surface area contributed by atoms with Crippen molar-refractivity contribution >= 4 is 44.9 Å². The number of sulfonamides is 1. The van der Waals surface area contributed by atoms with Crippen LogP contribution in [0, 0.1) is 13.8 Å². The molecule has 0 aliphatic heterocycles. The number of rotatable bonds is 4. The Balaban J connectivity index is 2.56. The number of halogens is 2. The van der Waals surface area contributed by atoms with Gasteiger partial charge in [-0.05, 0) is 43.2 Å². The van der Waals surface area contributed by atoms with Crippen LogP contribution in [0.2, 0.25) is 10.0 Å². The number of carboxylic acids is 1. The van der Waals surface area contributed by atoms with Crippen LogP contribution in [0.15, 0.2) is 35.2 Å². The Bertz CT molecular complexity index is 895. The molecular formula is C15H13Cl2NO4S. The number of anilines is 1. The number of carbonyl (C=O) groups is 1. The second-order valence-electron chi connectivity index (χ2n) is 5.00. The molecule has 0 radical (unpaired) electrons. The Hall–Kier alpha value is -1.76. The molecule has 2 N–H and O–H groups in total. The Kier molecular flexibility index (Phi) is 4.89. The molecule has 0 heterocycles. The fraction of sp³-hybridized carbons (Fsp3) is 0.133. The zero-order chi connectivity index (χ0) is 17.4. The van der Waals surface area contributed by atoms with Crippen molar-refractivity contribution in [3.8, 4) is 0 Å². The van der Waals surface area contributed by atoms with Crippen LogP contribution in [0.25, 0.3) is 0 Å². The molecule has 0 amide bonds. The minimum atomic E-state index is -4.09. The van der Waals surface area contributed by atoms with Crippen LogP contribution in [-0.4, -0.2) is 19.5 Å². The summed E-state index contributed by atoms with van der Waals surface area (Å²) in [5.74, 6) is -1.30. The van der Waals surface area contributed by atoms with Crippen LogP contribution in [0.4, 0.5) is 5.69 Å². The van der Waals surface area contributed by atoms with Crippen LogP contribution in [0.3, 0.4) is 0 Å². The molecule has 0 fully saturated rings. The Morgan fingerprint density at radius 2 is 1.78 bits per heavy atom. The first-order valence-electron chi connectivity index (χ1n) is 6.44. The van der Waals surface area contributed by atoms with E-state index in [4.69, 9.17) is 28.3 Å². The van der Waals surface area contributed by atoms with E-state index < -0.39 is 16.0 Å². The Morgan fingerprint density at radius 1 is 1.13 bits per heavy atom. The zero-order valence-corrected chi connectivity index (χ0v) is 14.6. The van der Waals surface area contributed by atoms with Crippen LogP contribution in [-0.2, 0) is 10.0 Å². The highest BCUT2D eigenvalue weighted by Gasteiger charge is 2.23. The highest BCUT2D eigenvalue weighted by molar-refractivity contribution is 7.92. The van der Waals surface area contributed by atoms with Gasteiger partial charge in [0.2, 0.25) is 0 Å². The molecule has 2 aromatic carbocycles. The summed E-state index contributed by atoms with van der Waals surface area (Å²) in [7, 11) is -4.09. The molecule has 0 aromatic heterocycles. The average molecular weight is 374 g/mol. The molecule has 0 atom stereocenters. The number of hydrogen-bond acceptors (Lipinski definition) is 3. The summed E-state index contributed by atoms with van der Waals surface area (Å²) < 4.78 is 27.5. The van der Waals surface area contributed by atoms with Gasteiger partial charge >= 0.3 is 5.97 Å². The van der Waals surface area contributed by atoms with Gasteiger partial charge < -0.3 is 5.11 Å². The fourth-order valence-corrected chi connectivity index (χ4v) is 3.86. The summed E-state index contributed by atoms with van der Waals surface area (Å²) in [5.41, 5.74) is 1.71. The average Bonchev–Trinajstić information content (AvgIpc) is 2.44. The second-order valence-corrected chi connectivity index (χ2v) is 7.44. The predicted octanol–water partition coefficient (Wildman–Crippen LogP) is 4.11. The summed E-state index contributed by atoms with van der Waals surface area (Å²) in [6.45, 7) is 3.58. The number of aromatic carboxylic acids is 1. The van der Waals surface area contributed by atoms with Crippen molar-refractivity contribution < 1.29 is 18.3 Å². The third kappa shape index (κ3) is 3.77. The zero-order valence-electron chi connectivity index (χ0n) is 12.2. The number of hydrogen-bond donors (Lipinski definition) is 2. The largest absolute Gasteiger partial charge is 0.478 e. The van der Waals surface area contributed by atoms with Gasteiger partial charge in [0.1, 0.15) is 4.90 Å². The first kappa shape index (κ1) is 17.6. The van der Waals surface area contributed by atoms with Gasteiger partial charge in [-0.2, -0.15) is 0 Å². The van der Waals surface area contributed by atoms with Gasteiger partial charge in [0.15, 0.2) is 0 Å². The van der Waals surface area contributed by atoms with Crippen molar-refractivity contribution in [1.82, 2.24) is 0 Å². The molecule has 0 bridgehead atoms. The monoisotopic (exact) mass is 373 g/mol. The number of nitrogens with one attached hydrogen (secondary N) is 1. The lowest BCUT2D eigenvalue weighted by atomic mass is 10.1. The molecule has 8 heteroatoms. The summed E-state index contributed by atoms with van der Waals surface area (Å²) in [5, 5.41) is 8.67. The SMILES string of the molecule is Cc1ccc(C)c(NS(=O)(=O)c2cc(C(=O)O)cc(Cl)c2Cl)c1. The van der Waals surface area contributed by atoms with Crippen molar-refractivity contribution in [3.63, 3.8) is 0 Å². The Morgan fingerprint density at radius 3 is 2.39 bits per heavy atom. The van der Waals surface area contributed by atoms with E-state index in [-0.39, 0.29) is 20.5 Å². The van der Waals surface area contributed by atoms with Crippen molar-refractivity contribution in [2.75, 3.05) is 4.72 Å². The molecule has 23 heavy (non-hydrogen) atoms. The van der Waals surface area contributed by atoms with E-state index in [1.165, 1.54) is 0 Å². The summed E-state index contributed by atoms with van der Waals surface area (Å²) in [6, 6.07) is 7.37. The first-order valence-corrected chi connectivity index (χ1v) is 8.68. The maximum Gasteiger partial charge on any atom is 0.335 e. The third-order valence-corrected chi connectivity index (χ3v) is 5.47. The minimum absolute atomic E-state index is 0.145. The fourth-order valence-electron chi connectivity index (χ4n) is 1.93. The van der Waals surface area contributed by atoms with E-state index in [0.717, 1.165) is 23.3 Å². The molecule has 2 rings (SSSR count). The van der Waals surface area contributed by atoms with Gasteiger partial charge in [-0.15, -0.1) is 0 Å². The molecular weight excluding hydrogens is 361 g/mol. The predicted molar refractivity (Wildman–Crippen MR) is 90.1 cm³/mol. The molecule has 0 saturated carbocycles. The smallest absolute Gasteiger partial charge is 0.335 e. The molecule has 0 aliphatic carbocycles. The van der Waals surface area contributed by atoms with Gasteiger partial charge in [0.25, 0.3) is 10.0 Å². The molecule has 5 nitrogen and oxygen atoms in total. The lowest BCUT2D eigenvalue weighted by Crippen LogP contribution is -2.15. The summed E-state index contributed by atoms with van der Waals surface area (Å²) >= 11 is 11.8. The van der Waals surface area contributed by atoms with E-state index in [2.05, 4.69) is 4.72 Å². The highest BCUT2D eigenvalue weighted by atomic mass is 35.5. The molecule has 0 spiro atoms. The summed E-state index contributed by atoms with van der Waals surface area (Å²) in [6.07, 6.45) is 0. The highest BCUT2D eigenvalue weighted by Crippen LogP contribution is 2.32. The van der Waals surface area contributed by atoms with Gasteiger partial charge in [-0.1, -0.05) is 35.3 Å². The minimum Gasteiger partial charge on any atom is -0.478 e. The molecule has 0 aliphatic rings. The summed E-state index contributed by atoms with van der Waals surface area (Å²) in [4.78, 5) is 10.7. The van der Waals surface area contributed by atoms with Gasteiger partial charge in [-0.25, -0.2) is 13.2 Å². The maximum absolute atomic E-state index is 12.6.